The lowest BCUT2D eigenvalue weighted by atomic mass is 10.3. The van der Waals surface area contributed by atoms with E-state index >= 15 is 0 Å². The van der Waals surface area contributed by atoms with Crippen LogP contribution in [0.15, 0.2) is 45.8 Å². The lowest BCUT2D eigenvalue weighted by Gasteiger charge is -2.14. The molecule has 2 N–H and O–H groups in total. The molecule has 0 aromatic heterocycles. The molecule has 25 heavy (non-hydrogen) atoms. The van der Waals surface area contributed by atoms with Crippen molar-refractivity contribution >= 4 is 43.2 Å². The summed E-state index contributed by atoms with van der Waals surface area (Å²) in [5.74, 6) is 0.433. The summed E-state index contributed by atoms with van der Waals surface area (Å²) in [7, 11) is -1.05. The Kier molecular flexibility index (Phi) is 5.91. The first-order valence-electron chi connectivity index (χ1n) is 7.09. The number of carbonyl (C=O) groups is 1. The molecule has 0 aliphatic heterocycles. The van der Waals surface area contributed by atoms with Crippen molar-refractivity contribution in [2.24, 2.45) is 0 Å². The molecule has 0 bridgehead atoms. The molecule has 0 saturated carbocycles. The summed E-state index contributed by atoms with van der Waals surface area (Å²) < 4.78 is 38.8. The first kappa shape index (κ1) is 19.1. The molecule has 0 aliphatic rings. The molecule has 0 saturated heterocycles. The Bertz CT molecular complexity index is 899. The van der Waals surface area contributed by atoms with E-state index in [9.17, 15) is 13.2 Å². The quantitative estimate of drug-likeness (QED) is 0.736. The molecule has 0 heterocycles. The molecule has 7 nitrogen and oxygen atoms in total. The van der Waals surface area contributed by atoms with E-state index in [1.54, 1.807) is 24.3 Å². The Hall–Kier alpha value is -2.26. The summed E-state index contributed by atoms with van der Waals surface area (Å²) >= 11 is 3.31. The molecule has 0 atom stereocenters. The van der Waals surface area contributed by atoms with Crippen LogP contribution < -0.4 is 19.5 Å². The molecule has 134 valence electrons. The highest BCUT2D eigenvalue weighted by atomic mass is 79.9. The first-order valence-corrected chi connectivity index (χ1v) is 9.36. The minimum Gasteiger partial charge on any atom is -0.496 e. The second-order valence-corrected chi connectivity index (χ2v) is 7.51. The van der Waals surface area contributed by atoms with Gasteiger partial charge in [-0.05, 0) is 52.3 Å². The first-order chi connectivity index (χ1) is 11.8. The number of hydrogen-bond donors (Lipinski definition) is 2. The summed E-state index contributed by atoms with van der Waals surface area (Å²) in [4.78, 5) is 11.1. The van der Waals surface area contributed by atoms with E-state index in [0.29, 0.717) is 21.6 Å². The van der Waals surface area contributed by atoms with Crippen LogP contribution in [0, 0.1) is 0 Å². The van der Waals surface area contributed by atoms with Crippen molar-refractivity contribution < 1.29 is 22.7 Å². The second-order valence-electron chi connectivity index (χ2n) is 5.00. The molecule has 0 aliphatic carbocycles. The fourth-order valence-corrected chi connectivity index (χ4v) is 3.89. The summed E-state index contributed by atoms with van der Waals surface area (Å²) in [5.41, 5.74) is 0.698. The number of amides is 1. The van der Waals surface area contributed by atoms with E-state index in [1.807, 2.05) is 0 Å². The Morgan fingerprint density at radius 1 is 1.00 bits per heavy atom. The summed E-state index contributed by atoms with van der Waals surface area (Å²) in [6.45, 7) is 1.34. The van der Waals surface area contributed by atoms with Gasteiger partial charge in [0.05, 0.1) is 24.4 Å². The van der Waals surface area contributed by atoms with E-state index in [-0.39, 0.29) is 16.6 Å². The Morgan fingerprint density at radius 2 is 1.60 bits per heavy atom. The lowest BCUT2D eigenvalue weighted by molar-refractivity contribution is -0.114. The van der Waals surface area contributed by atoms with Crippen LogP contribution in [-0.2, 0) is 14.8 Å². The fourth-order valence-electron chi connectivity index (χ4n) is 2.11. The van der Waals surface area contributed by atoms with Crippen LogP contribution in [0.3, 0.4) is 0 Å². The molecule has 0 fully saturated rings. The summed E-state index contributed by atoms with van der Waals surface area (Å²) in [6, 6.07) is 9.16. The van der Waals surface area contributed by atoms with Gasteiger partial charge in [0.1, 0.15) is 16.4 Å². The van der Waals surface area contributed by atoms with Crippen molar-refractivity contribution in [2.45, 2.75) is 11.8 Å². The summed E-state index contributed by atoms with van der Waals surface area (Å²) in [6.07, 6.45) is 0. The minimum absolute atomic E-state index is 0.0896. The predicted octanol–water partition coefficient (Wildman–Crippen LogP) is 3.23. The minimum atomic E-state index is -3.94. The van der Waals surface area contributed by atoms with Crippen molar-refractivity contribution in [1.29, 1.82) is 0 Å². The van der Waals surface area contributed by atoms with Gasteiger partial charge in [0.25, 0.3) is 10.0 Å². The molecule has 9 heteroatoms. The Balaban J connectivity index is 2.41. The molecule has 2 aromatic rings. The van der Waals surface area contributed by atoms with Crippen LogP contribution in [0.1, 0.15) is 6.92 Å². The highest BCUT2D eigenvalue weighted by Crippen LogP contribution is 2.31. The van der Waals surface area contributed by atoms with Crippen molar-refractivity contribution in [3.8, 4) is 11.5 Å². The number of methoxy groups -OCH3 is 2. The number of sulfonamides is 1. The largest absolute Gasteiger partial charge is 0.496 e. The van der Waals surface area contributed by atoms with Gasteiger partial charge in [-0.2, -0.15) is 0 Å². The molecule has 0 spiro atoms. The smallest absolute Gasteiger partial charge is 0.265 e. The molecule has 2 rings (SSSR count). The third kappa shape index (κ3) is 4.64. The number of hydrogen-bond acceptors (Lipinski definition) is 5. The Labute approximate surface area is 154 Å². The average Bonchev–Trinajstić information content (AvgIpc) is 2.54. The third-order valence-electron chi connectivity index (χ3n) is 3.18. The zero-order chi connectivity index (χ0) is 18.6. The van der Waals surface area contributed by atoms with E-state index in [1.165, 1.54) is 33.3 Å². The second kappa shape index (κ2) is 7.75. The van der Waals surface area contributed by atoms with Gasteiger partial charge in [-0.15, -0.1) is 0 Å². The maximum Gasteiger partial charge on any atom is 0.265 e. The fraction of sp³-hybridized carbons (Fsp3) is 0.188. The zero-order valence-corrected chi connectivity index (χ0v) is 16.2. The van der Waals surface area contributed by atoms with Gasteiger partial charge in [-0.25, -0.2) is 8.42 Å². The number of carbonyl (C=O) groups excluding carboxylic acids is 1. The number of rotatable bonds is 6. The van der Waals surface area contributed by atoms with Gasteiger partial charge < -0.3 is 14.8 Å². The molecular weight excluding hydrogens is 412 g/mol. The number of halogens is 1. The van der Waals surface area contributed by atoms with E-state index in [0.717, 1.165) is 0 Å². The van der Waals surface area contributed by atoms with Crippen molar-refractivity contribution in [2.75, 3.05) is 24.3 Å². The standard InChI is InChI=1S/C16H17BrN2O5S/c1-10(20)18-11-4-7-15(24-3)16(9-11)25(21,22)19-12-5-6-14(23-2)13(17)8-12/h4-9,19H,1-3H3,(H,18,20). The third-order valence-corrected chi connectivity index (χ3v) is 5.20. The number of ether oxygens (including phenoxy) is 2. The van der Waals surface area contributed by atoms with Crippen molar-refractivity contribution in [1.82, 2.24) is 0 Å². The van der Waals surface area contributed by atoms with Gasteiger partial charge in [-0.1, -0.05) is 0 Å². The number of anilines is 2. The van der Waals surface area contributed by atoms with Crippen LogP contribution in [0.5, 0.6) is 11.5 Å². The molecular formula is C16H17BrN2O5S. The molecule has 0 radical (unpaired) electrons. The van der Waals surface area contributed by atoms with Gasteiger partial charge in [0, 0.05) is 12.6 Å². The van der Waals surface area contributed by atoms with Crippen LogP contribution in [0.4, 0.5) is 11.4 Å². The Morgan fingerprint density at radius 3 is 2.16 bits per heavy atom. The number of nitrogens with one attached hydrogen (secondary N) is 2. The van der Waals surface area contributed by atoms with Crippen molar-refractivity contribution in [3.63, 3.8) is 0 Å². The number of benzene rings is 2. The molecule has 2 aromatic carbocycles. The topological polar surface area (TPSA) is 93.7 Å². The SMILES string of the molecule is COc1ccc(NS(=O)(=O)c2cc(NC(C)=O)ccc2OC)cc1Br. The lowest BCUT2D eigenvalue weighted by Crippen LogP contribution is -2.15. The van der Waals surface area contributed by atoms with Crippen LogP contribution in [-0.4, -0.2) is 28.5 Å². The maximum atomic E-state index is 12.7. The van der Waals surface area contributed by atoms with E-state index < -0.39 is 10.0 Å². The van der Waals surface area contributed by atoms with Crippen LogP contribution in [0.2, 0.25) is 0 Å². The zero-order valence-electron chi connectivity index (χ0n) is 13.8. The van der Waals surface area contributed by atoms with E-state index in [4.69, 9.17) is 9.47 Å². The highest BCUT2D eigenvalue weighted by Gasteiger charge is 2.21. The van der Waals surface area contributed by atoms with E-state index in [2.05, 4.69) is 26.0 Å². The van der Waals surface area contributed by atoms with Crippen LogP contribution in [0.25, 0.3) is 0 Å². The monoisotopic (exact) mass is 428 g/mol. The van der Waals surface area contributed by atoms with Gasteiger partial charge in [0.2, 0.25) is 5.91 Å². The highest BCUT2D eigenvalue weighted by molar-refractivity contribution is 9.10. The molecule has 1 amide bonds. The van der Waals surface area contributed by atoms with Gasteiger partial charge >= 0.3 is 0 Å². The molecule has 0 unspecified atom stereocenters. The predicted molar refractivity (Wildman–Crippen MR) is 98.8 cm³/mol. The van der Waals surface area contributed by atoms with Crippen molar-refractivity contribution in [3.05, 3.63) is 40.9 Å². The van der Waals surface area contributed by atoms with Crippen LogP contribution >= 0.6 is 15.9 Å². The average molecular weight is 429 g/mol. The van der Waals surface area contributed by atoms with Gasteiger partial charge in [-0.3, -0.25) is 9.52 Å². The maximum absolute atomic E-state index is 12.7. The summed E-state index contributed by atoms with van der Waals surface area (Å²) in [5, 5.41) is 2.55. The van der Waals surface area contributed by atoms with Gasteiger partial charge in [0.15, 0.2) is 0 Å². The normalized spacial score (nSPS) is 10.9.